The van der Waals surface area contributed by atoms with Gasteiger partial charge in [0.05, 0.1) is 12.3 Å². The highest BCUT2D eigenvalue weighted by Gasteiger charge is 2.02. The summed E-state index contributed by atoms with van der Waals surface area (Å²) in [5.41, 5.74) is 2.81. The van der Waals surface area contributed by atoms with Crippen LogP contribution < -0.4 is 16.0 Å². The third kappa shape index (κ3) is 1.85. The number of halogens is 1. The molecule has 1 aromatic carbocycles. The molecule has 0 radical (unpaired) electrons. The summed E-state index contributed by atoms with van der Waals surface area (Å²) in [5, 5.41) is 0. The van der Waals surface area contributed by atoms with E-state index in [4.69, 9.17) is 10.6 Å². The number of nitrogen functional groups attached to an aromatic ring is 1. The van der Waals surface area contributed by atoms with E-state index >= 15 is 0 Å². The molecule has 0 aliphatic rings. The Bertz CT molecular complexity index is 265. The van der Waals surface area contributed by atoms with Crippen molar-refractivity contribution >= 4 is 5.69 Å². The van der Waals surface area contributed by atoms with Crippen LogP contribution in [0.25, 0.3) is 0 Å². The second-order valence-electron chi connectivity index (χ2n) is 2.22. The Kier molecular flexibility index (Phi) is 2.88. The molecule has 1 rings (SSSR count). The average Bonchev–Trinajstić information content (AvgIpc) is 2.08. The highest BCUT2D eigenvalue weighted by molar-refractivity contribution is 5.55. The third-order valence-corrected chi connectivity index (χ3v) is 1.40. The molecular weight excluding hydrogens is 159 g/mol. The van der Waals surface area contributed by atoms with Gasteiger partial charge in [-0.25, -0.2) is 4.39 Å². The number of nitrogens with one attached hydrogen (secondary N) is 1. The number of hydrogen-bond donors (Lipinski definition) is 2. The van der Waals surface area contributed by atoms with Crippen molar-refractivity contribution in [2.75, 3.05) is 12.0 Å². The zero-order valence-electron chi connectivity index (χ0n) is 6.80. The van der Waals surface area contributed by atoms with Crippen LogP contribution in [0.3, 0.4) is 0 Å². The van der Waals surface area contributed by atoms with Crippen molar-refractivity contribution in [2.24, 2.45) is 5.84 Å². The van der Waals surface area contributed by atoms with Gasteiger partial charge in [-0.2, -0.15) is 0 Å². The normalized spacial score (nSPS) is 9.58. The number of hydrogen-bond acceptors (Lipinski definition) is 3. The fraction of sp³-hybridized carbons (Fsp3) is 0.250. The SMILES string of the molecule is CCOc1ccc(F)cc1NN. The largest absolute Gasteiger partial charge is 0.492 e. The van der Waals surface area contributed by atoms with Crippen LogP contribution >= 0.6 is 0 Å². The first-order valence-electron chi connectivity index (χ1n) is 3.67. The Morgan fingerprint density at radius 2 is 2.33 bits per heavy atom. The highest BCUT2D eigenvalue weighted by atomic mass is 19.1. The molecule has 0 aliphatic carbocycles. The molecule has 1 aromatic rings. The molecule has 0 heterocycles. The number of benzene rings is 1. The van der Waals surface area contributed by atoms with Gasteiger partial charge in [-0.1, -0.05) is 0 Å². The molecule has 3 nitrogen and oxygen atoms in total. The zero-order valence-corrected chi connectivity index (χ0v) is 6.80. The minimum absolute atomic E-state index is 0.341. The molecule has 0 bridgehead atoms. The molecule has 0 atom stereocenters. The maximum absolute atomic E-state index is 12.6. The van der Waals surface area contributed by atoms with Gasteiger partial charge >= 0.3 is 0 Å². The Hall–Kier alpha value is -1.29. The lowest BCUT2D eigenvalue weighted by atomic mass is 10.3. The van der Waals surface area contributed by atoms with Gasteiger partial charge in [-0.05, 0) is 19.1 Å². The molecule has 0 saturated heterocycles. The van der Waals surface area contributed by atoms with Crippen LogP contribution in [-0.4, -0.2) is 6.61 Å². The van der Waals surface area contributed by atoms with E-state index in [1.807, 2.05) is 6.92 Å². The minimum atomic E-state index is -0.341. The lowest BCUT2D eigenvalue weighted by Gasteiger charge is -2.08. The molecule has 0 fully saturated rings. The molecule has 66 valence electrons. The summed E-state index contributed by atoms with van der Waals surface area (Å²) < 4.78 is 17.8. The topological polar surface area (TPSA) is 47.3 Å². The van der Waals surface area contributed by atoms with Gasteiger partial charge < -0.3 is 10.2 Å². The summed E-state index contributed by atoms with van der Waals surface area (Å²) in [6.07, 6.45) is 0. The van der Waals surface area contributed by atoms with Crippen molar-refractivity contribution < 1.29 is 9.13 Å². The molecule has 0 amide bonds. The molecule has 12 heavy (non-hydrogen) atoms. The molecule has 3 N–H and O–H groups in total. The Balaban J connectivity index is 2.94. The molecule has 4 heteroatoms. The Labute approximate surface area is 70.3 Å². The first-order valence-corrected chi connectivity index (χ1v) is 3.67. The van der Waals surface area contributed by atoms with Crippen LogP contribution in [-0.2, 0) is 0 Å². The molecule has 0 saturated carbocycles. The van der Waals surface area contributed by atoms with Crippen LogP contribution in [0.5, 0.6) is 5.75 Å². The summed E-state index contributed by atoms with van der Waals surface area (Å²) >= 11 is 0. The van der Waals surface area contributed by atoms with Crippen molar-refractivity contribution in [3.8, 4) is 5.75 Å². The number of nitrogens with two attached hydrogens (primary N) is 1. The predicted molar refractivity (Wildman–Crippen MR) is 45.4 cm³/mol. The molecule has 0 aliphatic heterocycles. The monoisotopic (exact) mass is 170 g/mol. The summed E-state index contributed by atoms with van der Waals surface area (Å²) in [6, 6.07) is 4.14. The van der Waals surface area contributed by atoms with Gasteiger partial charge in [0.2, 0.25) is 0 Å². The zero-order chi connectivity index (χ0) is 8.97. The van der Waals surface area contributed by atoms with Crippen molar-refractivity contribution in [1.29, 1.82) is 0 Å². The van der Waals surface area contributed by atoms with E-state index in [0.717, 1.165) is 0 Å². The number of rotatable bonds is 3. The summed E-state index contributed by atoms with van der Waals surface area (Å²) in [4.78, 5) is 0. The molecular formula is C8H11FN2O. The Morgan fingerprint density at radius 3 is 2.92 bits per heavy atom. The second kappa shape index (κ2) is 3.92. The summed E-state index contributed by atoms with van der Waals surface area (Å²) in [5.74, 6) is 5.37. The quantitative estimate of drug-likeness (QED) is 0.534. The van der Waals surface area contributed by atoms with E-state index in [1.54, 1.807) is 0 Å². The highest BCUT2D eigenvalue weighted by Crippen LogP contribution is 2.23. The first kappa shape index (κ1) is 8.80. The van der Waals surface area contributed by atoms with Crippen LogP contribution in [0.1, 0.15) is 6.92 Å². The Morgan fingerprint density at radius 1 is 1.58 bits per heavy atom. The van der Waals surface area contributed by atoms with E-state index in [0.29, 0.717) is 18.0 Å². The smallest absolute Gasteiger partial charge is 0.143 e. The average molecular weight is 170 g/mol. The maximum Gasteiger partial charge on any atom is 0.143 e. The van der Waals surface area contributed by atoms with Gasteiger partial charge in [-0.3, -0.25) is 5.84 Å². The lowest BCUT2D eigenvalue weighted by Crippen LogP contribution is -2.09. The van der Waals surface area contributed by atoms with Gasteiger partial charge in [-0.15, -0.1) is 0 Å². The van der Waals surface area contributed by atoms with Gasteiger partial charge in [0, 0.05) is 6.07 Å². The van der Waals surface area contributed by atoms with E-state index in [2.05, 4.69) is 5.43 Å². The fourth-order valence-electron chi connectivity index (χ4n) is 0.896. The number of anilines is 1. The van der Waals surface area contributed by atoms with Crippen molar-refractivity contribution in [3.63, 3.8) is 0 Å². The van der Waals surface area contributed by atoms with Crippen LogP contribution in [0.2, 0.25) is 0 Å². The van der Waals surface area contributed by atoms with Crippen LogP contribution in [0, 0.1) is 5.82 Å². The van der Waals surface area contributed by atoms with Gasteiger partial charge in [0.15, 0.2) is 0 Å². The maximum atomic E-state index is 12.6. The molecule has 0 aromatic heterocycles. The summed E-state index contributed by atoms with van der Waals surface area (Å²) in [6.45, 7) is 2.38. The van der Waals surface area contributed by atoms with Crippen LogP contribution in [0.4, 0.5) is 10.1 Å². The second-order valence-corrected chi connectivity index (χ2v) is 2.22. The van der Waals surface area contributed by atoms with Crippen molar-refractivity contribution in [3.05, 3.63) is 24.0 Å². The number of ether oxygens (including phenoxy) is 1. The van der Waals surface area contributed by atoms with Gasteiger partial charge in [0.1, 0.15) is 11.6 Å². The van der Waals surface area contributed by atoms with E-state index < -0.39 is 0 Å². The molecule has 0 spiro atoms. The third-order valence-electron chi connectivity index (χ3n) is 1.40. The van der Waals surface area contributed by atoms with Crippen LogP contribution in [0.15, 0.2) is 18.2 Å². The number of hydrazine groups is 1. The van der Waals surface area contributed by atoms with Crippen molar-refractivity contribution in [2.45, 2.75) is 6.92 Å². The molecule has 0 unspecified atom stereocenters. The summed E-state index contributed by atoms with van der Waals surface area (Å²) in [7, 11) is 0. The van der Waals surface area contributed by atoms with Gasteiger partial charge in [0.25, 0.3) is 0 Å². The minimum Gasteiger partial charge on any atom is -0.492 e. The van der Waals surface area contributed by atoms with Crippen molar-refractivity contribution in [1.82, 2.24) is 0 Å². The van der Waals surface area contributed by atoms with E-state index in [-0.39, 0.29) is 5.82 Å². The lowest BCUT2D eigenvalue weighted by molar-refractivity contribution is 0.341. The van der Waals surface area contributed by atoms with E-state index in [9.17, 15) is 4.39 Å². The fourth-order valence-corrected chi connectivity index (χ4v) is 0.896. The first-order chi connectivity index (χ1) is 5.77. The van der Waals surface area contributed by atoms with E-state index in [1.165, 1.54) is 18.2 Å². The predicted octanol–water partition coefficient (Wildman–Crippen LogP) is 1.51. The standard InChI is InChI=1S/C8H11FN2O/c1-2-12-8-4-3-6(9)5-7(8)11-10/h3-5,11H,2,10H2,1H3.